The maximum atomic E-state index is 4.60. The number of benzene rings is 1. The summed E-state index contributed by atoms with van der Waals surface area (Å²) in [7, 11) is 5.83. The van der Waals surface area contributed by atoms with Crippen molar-refractivity contribution in [3.05, 3.63) is 41.7 Å². The van der Waals surface area contributed by atoms with E-state index >= 15 is 0 Å². The molecule has 2 heterocycles. The molecule has 0 saturated heterocycles. The topological polar surface area (TPSA) is 70.4 Å². The van der Waals surface area contributed by atoms with Crippen molar-refractivity contribution in [1.29, 1.82) is 0 Å². The van der Waals surface area contributed by atoms with E-state index in [0.717, 1.165) is 41.9 Å². The summed E-state index contributed by atoms with van der Waals surface area (Å²) in [6.45, 7) is 6.65. The van der Waals surface area contributed by atoms with Crippen LogP contribution < -0.4 is 10.6 Å². The fraction of sp³-hybridized carbons (Fsp3) is 0.450. The fourth-order valence-corrected chi connectivity index (χ4v) is 4.06. The molecule has 2 N–H and O–H groups in total. The zero-order valence-electron chi connectivity index (χ0n) is 17.2. The first-order valence-corrected chi connectivity index (χ1v) is 10.3. The van der Waals surface area contributed by atoms with E-state index in [4.69, 9.17) is 0 Å². The summed E-state index contributed by atoms with van der Waals surface area (Å²) in [6.07, 6.45) is 2.09. The third kappa shape index (κ3) is 4.81. The molecule has 1 aromatic carbocycles. The smallest absolute Gasteiger partial charge is 0.193 e. The predicted molar refractivity (Wildman–Crippen MR) is 118 cm³/mol. The summed E-state index contributed by atoms with van der Waals surface area (Å²) in [5, 5.41) is 12.3. The Kier molecular flexibility index (Phi) is 6.51. The Morgan fingerprint density at radius 3 is 2.79 bits per heavy atom. The van der Waals surface area contributed by atoms with Gasteiger partial charge in [-0.25, -0.2) is 4.98 Å². The Bertz CT molecular complexity index is 908. The van der Waals surface area contributed by atoms with Crippen LogP contribution >= 0.6 is 11.3 Å². The molecular weight excluding hydrogens is 370 g/mol. The molecule has 7 nitrogen and oxygen atoms in total. The standard InChI is InChI=1S/C20H29N7S/c1-14(2)18-15(13-27(5)25-18)12-26(4)19(21-3)22-10-11-23-20-24-16-8-6-7-9-17(16)28-20/h6-9,13-14H,10-12H2,1-5H3,(H,21,22)(H,23,24). The van der Waals surface area contributed by atoms with Crippen LogP contribution in [0.4, 0.5) is 5.13 Å². The molecular formula is C20H29N7S. The lowest BCUT2D eigenvalue weighted by Gasteiger charge is -2.22. The number of guanidine groups is 1. The van der Waals surface area contributed by atoms with Gasteiger partial charge in [-0.15, -0.1) is 0 Å². The summed E-state index contributed by atoms with van der Waals surface area (Å²) in [4.78, 5) is 11.1. The number of nitrogens with zero attached hydrogens (tertiary/aromatic N) is 5. The molecule has 3 rings (SSSR count). The van der Waals surface area contributed by atoms with E-state index in [0.29, 0.717) is 5.92 Å². The van der Waals surface area contributed by atoms with Crippen molar-refractivity contribution in [2.75, 3.05) is 32.5 Å². The minimum absolute atomic E-state index is 0.401. The van der Waals surface area contributed by atoms with Gasteiger partial charge in [0.05, 0.1) is 15.9 Å². The minimum Gasteiger partial charge on any atom is -0.360 e. The number of anilines is 1. The molecule has 0 unspecified atom stereocenters. The largest absolute Gasteiger partial charge is 0.360 e. The highest BCUT2D eigenvalue weighted by Crippen LogP contribution is 2.25. The van der Waals surface area contributed by atoms with Crippen LogP contribution in [0, 0.1) is 0 Å². The number of para-hydroxylation sites is 1. The number of aliphatic imine (C=N–C) groups is 1. The number of fused-ring (bicyclic) bond motifs is 1. The maximum Gasteiger partial charge on any atom is 0.193 e. The number of thiazole rings is 1. The van der Waals surface area contributed by atoms with Crippen LogP contribution in [0.3, 0.4) is 0 Å². The summed E-state index contributed by atoms with van der Waals surface area (Å²) < 4.78 is 3.09. The molecule has 0 spiro atoms. The molecule has 0 saturated carbocycles. The first kappa shape index (κ1) is 20.1. The van der Waals surface area contributed by atoms with Gasteiger partial charge in [0, 0.05) is 52.5 Å². The molecule has 8 heteroatoms. The van der Waals surface area contributed by atoms with Gasteiger partial charge in [-0.3, -0.25) is 9.67 Å². The van der Waals surface area contributed by atoms with Gasteiger partial charge in [0.25, 0.3) is 0 Å². The SMILES string of the molecule is CN=C(NCCNc1nc2ccccc2s1)N(C)Cc1cn(C)nc1C(C)C. The molecule has 2 aromatic heterocycles. The van der Waals surface area contributed by atoms with Crippen molar-refractivity contribution in [3.8, 4) is 0 Å². The Labute approximate surface area is 170 Å². The van der Waals surface area contributed by atoms with Gasteiger partial charge in [-0.1, -0.05) is 37.3 Å². The first-order valence-electron chi connectivity index (χ1n) is 9.51. The van der Waals surface area contributed by atoms with E-state index in [9.17, 15) is 0 Å². The van der Waals surface area contributed by atoms with E-state index in [1.165, 1.54) is 10.3 Å². The number of aryl methyl sites for hydroxylation is 1. The van der Waals surface area contributed by atoms with Gasteiger partial charge in [0.1, 0.15) is 0 Å². The summed E-state index contributed by atoms with van der Waals surface area (Å²) in [5.74, 6) is 1.27. The Morgan fingerprint density at radius 2 is 2.07 bits per heavy atom. The second-order valence-corrected chi connectivity index (χ2v) is 8.14. The Morgan fingerprint density at radius 1 is 1.29 bits per heavy atom. The third-order valence-corrected chi connectivity index (χ3v) is 5.44. The molecule has 0 amide bonds. The molecule has 0 aliphatic rings. The van der Waals surface area contributed by atoms with E-state index < -0.39 is 0 Å². The monoisotopic (exact) mass is 399 g/mol. The second kappa shape index (κ2) is 9.05. The summed E-state index contributed by atoms with van der Waals surface area (Å²) in [5.41, 5.74) is 3.41. The molecule has 28 heavy (non-hydrogen) atoms. The van der Waals surface area contributed by atoms with Crippen LogP contribution in [0.15, 0.2) is 35.5 Å². The zero-order chi connectivity index (χ0) is 20.1. The molecule has 0 aliphatic heterocycles. The van der Waals surface area contributed by atoms with Crippen molar-refractivity contribution < 1.29 is 0 Å². The molecule has 0 fully saturated rings. The summed E-state index contributed by atoms with van der Waals surface area (Å²) in [6, 6.07) is 8.19. The molecule has 0 aliphatic carbocycles. The number of rotatable bonds is 7. The predicted octanol–water partition coefficient (Wildman–Crippen LogP) is 3.27. The van der Waals surface area contributed by atoms with E-state index in [1.807, 2.05) is 44.0 Å². The quantitative estimate of drug-likeness (QED) is 0.362. The fourth-order valence-electron chi connectivity index (χ4n) is 3.17. The van der Waals surface area contributed by atoms with Crippen LogP contribution in [-0.4, -0.2) is 52.8 Å². The zero-order valence-corrected chi connectivity index (χ0v) is 18.0. The lowest BCUT2D eigenvalue weighted by molar-refractivity contribution is 0.475. The molecule has 0 radical (unpaired) electrons. The average molecular weight is 400 g/mol. The van der Waals surface area contributed by atoms with Crippen molar-refractivity contribution in [2.24, 2.45) is 12.0 Å². The number of aromatic nitrogens is 3. The van der Waals surface area contributed by atoms with Gasteiger partial charge in [-0.05, 0) is 18.1 Å². The minimum atomic E-state index is 0.401. The van der Waals surface area contributed by atoms with Crippen LogP contribution in [0.5, 0.6) is 0 Å². The second-order valence-electron chi connectivity index (χ2n) is 7.11. The van der Waals surface area contributed by atoms with Crippen LogP contribution in [0.2, 0.25) is 0 Å². The average Bonchev–Trinajstić information content (AvgIpc) is 3.24. The molecule has 0 atom stereocenters. The number of hydrogen-bond acceptors (Lipinski definition) is 5. The van der Waals surface area contributed by atoms with E-state index in [2.05, 4.69) is 56.7 Å². The van der Waals surface area contributed by atoms with Gasteiger partial charge in [0.2, 0.25) is 0 Å². The molecule has 3 aromatic rings. The van der Waals surface area contributed by atoms with Crippen molar-refractivity contribution in [2.45, 2.75) is 26.3 Å². The normalized spacial score (nSPS) is 12.0. The Hall–Kier alpha value is -2.61. The van der Waals surface area contributed by atoms with E-state index in [1.54, 1.807) is 11.3 Å². The highest BCUT2D eigenvalue weighted by Gasteiger charge is 2.15. The highest BCUT2D eigenvalue weighted by atomic mass is 32.1. The number of hydrogen-bond donors (Lipinski definition) is 2. The highest BCUT2D eigenvalue weighted by molar-refractivity contribution is 7.22. The van der Waals surface area contributed by atoms with Crippen molar-refractivity contribution in [1.82, 2.24) is 25.0 Å². The van der Waals surface area contributed by atoms with Gasteiger partial charge in [0.15, 0.2) is 11.1 Å². The number of nitrogens with one attached hydrogen (secondary N) is 2. The van der Waals surface area contributed by atoms with Crippen LogP contribution in [0.1, 0.15) is 31.0 Å². The Balaban J connectivity index is 1.51. The molecule has 150 valence electrons. The van der Waals surface area contributed by atoms with Gasteiger partial charge >= 0.3 is 0 Å². The first-order chi connectivity index (χ1) is 13.5. The van der Waals surface area contributed by atoms with Crippen LogP contribution in [-0.2, 0) is 13.6 Å². The van der Waals surface area contributed by atoms with Crippen molar-refractivity contribution in [3.63, 3.8) is 0 Å². The van der Waals surface area contributed by atoms with Crippen molar-refractivity contribution >= 4 is 32.6 Å². The third-order valence-electron chi connectivity index (χ3n) is 4.44. The summed E-state index contributed by atoms with van der Waals surface area (Å²) >= 11 is 1.68. The maximum absolute atomic E-state index is 4.60. The van der Waals surface area contributed by atoms with Gasteiger partial charge in [-0.2, -0.15) is 5.10 Å². The lowest BCUT2D eigenvalue weighted by atomic mass is 10.1. The molecule has 0 bridgehead atoms. The van der Waals surface area contributed by atoms with Crippen LogP contribution in [0.25, 0.3) is 10.2 Å². The van der Waals surface area contributed by atoms with E-state index in [-0.39, 0.29) is 0 Å². The lowest BCUT2D eigenvalue weighted by Crippen LogP contribution is -2.40. The van der Waals surface area contributed by atoms with Gasteiger partial charge < -0.3 is 15.5 Å².